The Balaban J connectivity index is 2.21. The minimum absolute atomic E-state index is 0.379. The Bertz CT molecular complexity index is 491. The van der Waals surface area contributed by atoms with E-state index in [4.69, 9.17) is 5.73 Å². The van der Waals surface area contributed by atoms with Crippen molar-refractivity contribution in [1.29, 1.82) is 0 Å². The number of hydrogen-bond acceptors (Lipinski definition) is 1. The highest BCUT2D eigenvalue weighted by Gasteiger charge is 2.29. The molecule has 2 aromatic rings. The molecule has 0 bridgehead atoms. The number of likely N-dealkylation sites (N-methyl/N-ethyl adjacent to an activating group) is 1. The quantitative estimate of drug-likeness (QED) is 0.817. The van der Waals surface area contributed by atoms with Crippen LogP contribution in [0.4, 0.5) is 5.69 Å². The summed E-state index contributed by atoms with van der Waals surface area (Å²) in [4.78, 5) is 0. The van der Waals surface area contributed by atoms with Gasteiger partial charge in [0.2, 0.25) is 0 Å². The Kier molecular flexibility index (Phi) is 4.35. The molecule has 0 aliphatic rings. The highest BCUT2D eigenvalue weighted by molar-refractivity contribution is 5.42. The number of benzene rings is 2. The van der Waals surface area contributed by atoms with Crippen LogP contribution < -0.4 is 10.2 Å². The van der Waals surface area contributed by atoms with Crippen LogP contribution in [-0.4, -0.2) is 26.7 Å². The van der Waals surface area contributed by atoms with Crippen molar-refractivity contribution in [3.05, 3.63) is 66.2 Å². The SMILES string of the molecule is C[N+](C)(c1ccccc1)[C@H](CN)Cc1ccccc1. The molecule has 2 nitrogen and oxygen atoms in total. The third-order valence-electron chi connectivity index (χ3n) is 3.92. The van der Waals surface area contributed by atoms with Crippen molar-refractivity contribution in [2.45, 2.75) is 12.5 Å². The zero-order valence-electron chi connectivity index (χ0n) is 11.8. The molecular formula is C17H23N2+. The topological polar surface area (TPSA) is 26.0 Å². The standard InChI is InChI=1S/C17H23N2/c1-19(2,16-11-7-4-8-12-16)17(14-18)13-15-9-5-3-6-10-15/h3-12,17H,13-14,18H2,1-2H3/q+1/t17-/m0/s1. The predicted molar refractivity (Wildman–Crippen MR) is 83.1 cm³/mol. The van der Waals surface area contributed by atoms with Crippen LogP contribution in [0.3, 0.4) is 0 Å². The van der Waals surface area contributed by atoms with Crippen molar-refractivity contribution >= 4 is 5.69 Å². The van der Waals surface area contributed by atoms with E-state index in [0.717, 1.165) is 10.9 Å². The monoisotopic (exact) mass is 255 g/mol. The summed E-state index contributed by atoms with van der Waals surface area (Å²) in [5, 5.41) is 0. The van der Waals surface area contributed by atoms with Gasteiger partial charge in [0, 0.05) is 13.0 Å². The summed E-state index contributed by atoms with van der Waals surface area (Å²) >= 11 is 0. The molecule has 0 unspecified atom stereocenters. The van der Waals surface area contributed by atoms with Crippen LogP contribution in [0.5, 0.6) is 0 Å². The van der Waals surface area contributed by atoms with Crippen molar-refractivity contribution in [2.75, 3.05) is 20.6 Å². The molecule has 2 N–H and O–H groups in total. The van der Waals surface area contributed by atoms with Crippen molar-refractivity contribution in [2.24, 2.45) is 5.73 Å². The maximum atomic E-state index is 6.03. The summed E-state index contributed by atoms with van der Waals surface area (Å²) in [7, 11) is 4.46. The lowest BCUT2D eigenvalue weighted by Gasteiger charge is -2.37. The molecule has 2 rings (SSSR count). The molecule has 0 spiro atoms. The zero-order chi connectivity index (χ0) is 13.7. The van der Waals surface area contributed by atoms with Gasteiger partial charge in [-0.2, -0.15) is 0 Å². The lowest BCUT2D eigenvalue weighted by Crippen LogP contribution is -2.54. The highest BCUT2D eigenvalue weighted by Crippen LogP contribution is 2.23. The van der Waals surface area contributed by atoms with Crippen LogP contribution in [0.2, 0.25) is 0 Å². The summed E-state index contributed by atoms with van der Waals surface area (Å²) in [6, 6.07) is 21.5. The van der Waals surface area contributed by atoms with Gasteiger partial charge in [-0.05, 0) is 17.7 Å². The minimum atomic E-state index is 0.379. The van der Waals surface area contributed by atoms with Crippen molar-refractivity contribution in [1.82, 2.24) is 4.48 Å². The van der Waals surface area contributed by atoms with Gasteiger partial charge in [-0.3, -0.25) is 4.48 Å². The van der Waals surface area contributed by atoms with E-state index < -0.39 is 0 Å². The van der Waals surface area contributed by atoms with Crippen molar-refractivity contribution < 1.29 is 0 Å². The Labute approximate surface area is 116 Å². The first-order chi connectivity index (χ1) is 9.14. The van der Waals surface area contributed by atoms with E-state index >= 15 is 0 Å². The molecule has 0 saturated carbocycles. The fraction of sp³-hybridized carbons (Fsp3) is 0.294. The van der Waals surface area contributed by atoms with Crippen molar-refractivity contribution in [3.8, 4) is 0 Å². The Hall–Kier alpha value is -1.64. The Morgan fingerprint density at radius 3 is 1.95 bits per heavy atom. The molecule has 0 aliphatic carbocycles. The molecule has 0 aromatic heterocycles. The van der Waals surface area contributed by atoms with E-state index in [1.807, 2.05) is 0 Å². The number of hydrogen-bond donors (Lipinski definition) is 1. The van der Waals surface area contributed by atoms with E-state index in [2.05, 4.69) is 74.8 Å². The first-order valence-corrected chi connectivity index (χ1v) is 6.78. The van der Waals surface area contributed by atoms with Gasteiger partial charge in [0.25, 0.3) is 0 Å². The summed E-state index contributed by atoms with van der Waals surface area (Å²) in [5.74, 6) is 0. The van der Waals surface area contributed by atoms with Crippen LogP contribution >= 0.6 is 0 Å². The van der Waals surface area contributed by atoms with Gasteiger partial charge in [0.1, 0.15) is 11.7 Å². The Morgan fingerprint density at radius 1 is 0.895 bits per heavy atom. The molecule has 0 heterocycles. The molecule has 0 saturated heterocycles. The third kappa shape index (κ3) is 3.22. The van der Waals surface area contributed by atoms with Gasteiger partial charge < -0.3 is 5.73 Å². The number of quaternary nitrogens is 1. The number of para-hydroxylation sites is 1. The first-order valence-electron chi connectivity index (χ1n) is 6.78. The average molecular weight is 255 g/mol. The smallest absolute Gasteiger partial charge is 0.132 e. The fourth-order valence-corrected chi connectivity index (χ4v) is 2.48. The van der Waals surface area contributed by atoms with Crippen molar-refractivity contribution in [3.63, 3.8) is 0 Å². The molecular weight excluding hydrogens is 232 g/mol. The molecule has 19 heavy (non-hydrogen) atoms. The summed E-state index contributed by atoms with van der Waals surface area (Å²) in [5.41, 5.74) is 8.68. The van der Waals surface area contributed by atoms with Gasteiger partial charge >= 0.3 is 0 Å². The second-order valence-electron chi connectivity index (χ2n) is 5.45. The lowest BCUT2D eigenvalue weighted by molar-refractivity contribution is 0.294. The number of nitrogens with zero attached hydrogens (tertiary/aromatic N) is 1. The summed E-state index contributed by atoms with van der Waals surface area (Å²) in [6.45, 7) is 0.677. The van der Waals surface area contributed by atoms with Crippen LogP contribution in [0, 0.1) is 0 Å². The molecule has 2 aromatic carbocycles. The van der Waals surface area contributed by atoms with E-state index in [-0.39, 0.29) is 0 Å². The van der Waals surface area contributed by atoms with E-state index in [1.165, 1.54) is 11.3 Å². The maximum Gasteiger partial charge on any atom is 0.132 e. The molecule has 0 fully saturated rings. The molecule has 0 aliphatic heterocycles. The molecule has 0 radical (unpaired) electrons. The largest absolute Gasteiger partial charge is 0.325 e. The van der Waals surface area contributed by atoms with Crippen LogP contribution in [0.25, 0.3) is 0 Å². The van der Waals surface area contributed by atoms with Gasteiger partial charge in [0.15, 0.2) is 0 Å². The van der Waals surface area contributed by atoms with Gasteiger partial charge in [-0.15, -0.1) is 0 Å². The normalized spacial score (nSPS) is 13.2. The van der Waals surface area contributed by atoms with Crippen LogP contribution in [-0.2, 0) is 6.42 Å². The zero-order valence-corrected chi connectivity index (χ0v) is 11.8. The van der Waals surface area contributed by atoms with E-state index in [9.17, 15) is 0 Å². The first kappa shape index (κ1) is 13.8. The Morgan fingerprint density at radius 2 is 1.42 bits per heavy atom. The van der Waals surface area contributed by atoms with Gasteiger partial charge in [-0.1, -0.05) is 48.5 Å². The second kappa shape index (κ2) is 6.00. The number of rotatable bonds is 5. The van der Waals surface area contributed by atoms with E-state index in [1.54, 1.807) is 0 Å². The predicted octanol–water partition coefficient (Wildman–Crippen LogP) is 2.82. The van der Waals surface area contributed by atoms with Crippen LogP contribution in [0.1, 0.15) is 5.56 Å². The number of nitrogens with two attached hydrogens (primary N) is 1. The fourth-order valence-electron chi connectivity index (χ4n) is 2.48. The molecule has 100 valence electrons. The average Bonchev–Trinajstić information content (AvgIpc) is 2.46. The molecule has 2 heteroatoms. The lowest BCUT2D eigenvalue weighted by atomic mass is 10.0. The summed E-state index contributed by atoms with van der Waals surface area (Å²) < 4.78 is 0.812. The molecule has 0 amide bonds. The summed E-state index contributed by atoms with van der Waals surface area (Å²) in [6.07, 6.45) is 0.999. The molecule has 1 atom stereocenters. The maximum absolute atomic E-state index is 6.03. The van der Waals surface area contributed by atoms with Gasteiger partial charge in [-0.25, -0.2) is 0 Å². The van der Waals surface area contributed by atoms with Gasteiger partial charge in [0.05, 0.1) is 14.1 Å². The highest BCUT2D eigenvalue weighted by atomic mass is 15.3. The minimum Gasteiger partial charge on any atom is -0.325 e. The third-order valence-corrected chi connectivity index (χ3v) is 3.92. The second-order valence-corrected chi connectivity index (χ2v) is 5.45. The van der Waals surface area contributed by atoms with E-state index in [0.29, 0.717) is 12.6 Å². The van der Waals surface area contributed by atoms with Crippen LogP contribution in [0.15, 0.2) is 60.7 Å².